The van der Waals surface area contributed by atoms with Crippen molar-refractivity contribution in [2.24, 2.45) is 7.05 Å². The molecule has 0 aliphatic carbocycles. The van der Waals surface area contributed by atoms with Crippen LogP contribution in [0.2, 0.25) is 0 Å². The number of hydrogen-bond donors (Lipinski definition) is 2. The van der Waals surface area contributed by atoms with Crippen LogP contribution >= 0.6 is 0 Å². The van der Waals surface area contributed by atoms with Gasteiger partial charge in [0.15, 0.2) is 0 Å². The highest BCUT2D eigenvalue weighted by atomic mass is 16.5. The lowest BCUT2D eigenvalue weighted by Crippen LogP contribution is -2.18. The van der Waals surface area contributed by atoms with Crippen molar-refractivity contribution < 1.29 is 9.53 Å². The summed E-state index contributed by atoms with van der Waals surface area (Å²) in [5.74, 6) is 1.62. The molecule has 0 bridgehead atoms. The van der Waals surface area contributed by atoms with Gasteiger partial charge in [0, 0.05) is 57.9 Å². The van der Waals surface area contributed by atoms with Gasteiger partial charge < -0.3 is 24.8 Å². The summed E-state index contributed by atoms with van der Waals surface area (Å²) < 4.78 is 7.93. The summed E-state index contributed by atoms with van der Waals surface area (Å²) in [5.41, 5.74) is 4.13. The molecule has 4 aromatic rings. The van der Waals surface area contributed by atoms with E-state index in [1.165, 1.54) is 0 Å². The number of imidazole rings is 1. The Hall–Kier alpha value is -4.07. The van der Waals surface area contributed by atoms with Crippen LogP contribution in [0.1, 0.15) is 10.5 Å². The largest absolute Gasteiger partial charge is 0.457 e. The van der Waals surface area contributed by atoms with Crippen LogP contribution < -0.4 is 20.3 Å². The van der Waals surface area contributed by atoms with E-state index >= 15 is 0 Å². The van der Waals surface area contributed by atoms with Crippen LogP contribution in [-0.4, -0.2) is 41.6 Å². The first-order chi connectivity index (χ1) is 14.9. The molecule has 2 heterocycles. The normalized spacial score (nSPS) is 10.7. The van der Waals surface area contributed by atoms with Crippen LogP contribution in [0.5, 0.6) is 11.5 Å². The van der Waals surface area contributed by atoms with Crippen molar-refractivity contribution in [2.75, 3.05) is 31.4 Å². The van der Waals surface area contributed by atoms with Crippen molar-refractivity contribution in [2.45, 2.75) is 0 Å². The van der Waals surface area contributed by atoms with Crippen molar-refractivity contribution in [1.29, 1.82) is 0 Å². The number of hydrogen-bond acceptors (Lipinski definition) is 6. The molecular weight excluding hydrogens is 392 g/mol. The molecule has 1 amide bonds. The molecule has 0 atom stereocenters. The zero-order chi connectivity index (χ0) is 22.0. The fourth-order valence-corrected chi connectivity index (χ4v) is 3.21. The second-order valence-corrected chi connectivity index (χ2v) is 7.27. The minimum atomic E-state index is -0.264. The average Bonchev–Trinajstić information content (AvgIpc) is 3.08. The highest BCUT2D eigenvalue weighted by molar-refractivity contribution is 5.92. The molecule has 2 N–H and O–H groups in total. The van der Waals surface area contributed by atoms with E-state index in [0.717, 1.165) is 28.4 Å². The van der Waals surface area contributed by atoms with Gasteiger partial charge in [-0.25, -0.2) is 4.98 Å². The highest BCUT2D eigenvalue weighted by Crippen LogP contribution is 2.28. The molecule has 8 nitrogen and oxygen atoms in total. The van der Waals surface area contributed by atoms with E-state index in [1.807, 2.05) is 56.0 Å². The van der Waals surface area contributed by atoms with Gasteiger partial charge in [-0.2, -0.15) is 0 Å². The third kappa shape index (κ3) is 4.28. The Morgan fingerprint density at radius 1 is 1.06 bits per heavy atom. The SMILES string of the molecule is CNC(=O)c1cc(Oc2ccc3c(c2)nc(Nc2cccc(N(C)C)c2)n3C)ccn1. The molecule has 8 heteroatoms. The van der Waals surface area contributed by atoms with E-state index in [9.17, 15) is 4.79 Å². The minimum absolute atomic E-state index is 0.264. The third-order valence-corrected chi connectivity index (χ3v) is 4.90. The summed E-state index contributed by atoms with van der Waals surface area (Å²) in [7, 11) is 7.55. The number of benzene rings is 2. The van der Waals surface area contributed by atoms with Gasteiger partial charge in [-0.3, -0.25) is 9.78 Å². The Balaban J connectivity index is 1.59. The lowest BCUT2D eigenvalue weighted by atomic mass is 10.2. The minimum Gasteiger partial charge on any atom is -0.457 e. The predicted octanol–water partition coefficient (Wildman–Crippen LogP) is 3.93. The van der Waals surface area contributed by atoms with E-state index in [0.29, 0.717) is 17.2 Å². The molecule has 2 aromatic heterocycles. The first kappa shape index (κ1) is 20.2. The molecule has 0 aliphatic heterocycles. The summed E-state index contributed by atoms with van der Waals surface area (Å²) >= 11 is 0. The van der Waals surface area contributed by atoms with Gasteiger partial charge in [0.1, 0.15) is 17.2 Å². The van der Waals surface area contributed by atoms with E-state index in [1.54, 1.807) is 25.4 Å². The number of amides is 1. The number of carbonyl (C=O) groups excluding carboxylic acids is 1. The fourth-order valence-electron chi connectivity index (χ4n) is 3.21. The van der Waals surface area contributed by atoms with E-state index in [4.69, 9.17) is 9.72 Å². The second-order valence-electron chi connectivity index (χ2n) is 7.27. The summed E-state index contributed by atoms with van der Waals surface area (Å²) in [6.45, 7) is 0. The molecule has 2 aromatic carbocycles. The number of aromatic nitrogens is 3. The summed E-state index contributed by atoms with van der Waals surface area (Å²) in [6.07, 6.45) is 1.54. The number of aryl methyl sites for hydroxylation is 1. The third-order valence-electron chi connectivity index (χ3n) is 4.90. The number of anilines is 3. The molecule has 0 fully saturated rings. The lowest BCUT2D eigenvalue weighted by molar-refractivity contribution is 0.0958. The quantitative estimate of drug-likeness (QED) is 0.495. The van der Waals surface area contributed by atoms with Crippen molar-refractivity contribution in [3.05, 3.63) is 66.5 Å². The van der Waals surface area contributed by atoms with Gasteiger partial charge >= 0.3 is 0 Å². The molecule has 31 heavy (non-hydrogen) atoms. The predicted molar refractivity (Wildman–Crippen MR) is 122 cm³/mol. The summed E-state index contributed by atoms with van der Waals surface area (Å²) in [5, 5.41) is 5.94. The first-order valence-electron chi connectivity index (χ1n) is 9.81. The first-order valence-corrected chi connectivity index (χ1v) is 9.81. The van der Waals surface area contributed by atoms with E-state index in [-0.39, 0.29) is 5.91 Å². The zero-order valence-electron chi connectivity index (χ0n) is 17.9. The topological polar surface area (TPSA) is 84.3 Å². The lowest BCUT2D eigenvalue weighted by Gasteiger charge is -2.14. The number of nitrogens with one attached hydrogen (secondary N) is 2. The van der Waals surface area contributed by atoms with Crippen molar-refractivity contribution in [3.63, 3.8) is 0 Å². The molecule has 4 rings (SSSR count). The Morgan fingerprint density at radius 2 is 1.87 bits per heavy atom. The maximum Gasteiger partial charge on any atom is 0.269 e. The maximum absolute atomic E-state index is 11.8. The van der Waals surface area contributed by atoms with E-state index in [2.05, 4.69) is 32.7 Å². The molecule has 0 spiro atoms. The highest BCUT2D eigenvalue weighted by Gasteiger charge is 2.11. The van der Waals surface area contributed by atoms with Crippen LogP contribution in [0, 0.1) is 0 Å². The van der Waals surface area contributed by atoms with Crippen LogP contribution in [0.4, 0.5) is 17.3 Å². The Morgan fingerprint density at radius 3 is 2.65 bits per heavy atom. The number of carbonyl (C=O) groups is 1. The van der Waals surface area contributed by atoms with Crippen LogP contribution in [-0.2, 0) is 7.05 Å². The van der Waals surface area contributed by atoms with Crippen molar-refractivity contribution >= 4 is 34.3 Å². The smallest absolute Gasteiger partial charge is 0.269 e. The van der Waals surface area contributed by atoms with E-state index < -0.39 is 0 Å². The van der Waals surface area contributed by atoms with Gasteiger partial charge in [0.25, 0.3) is 5.91 Å². The Bertz CT molecular complexity index is 1250. The second kappa shape index (κ2) is 8.35. The fraction of sp³-hybridized carbons (Fsp3) is 0.174. The number of nitrogens with zero attached hydrogens (tertiary/aromatic N) is 4. The zero-order valence-corrected chi connectivity index (χ0v) is 17.9. The Kier molecular flexibility index (Phi) is 5.44. The van der Waals surface area contributed by atoms with Crippen LogP contribution in [0.15, 0.2) is 60.8 Å². The number of ether oxygens (including phenoxy) is 1. The van der Waals surface area contributed by atoms with Crippen LogP contribution in [0.3, 0.4) is 0 Å². The molecule has 0 saturated carbocycles. The van der Waals surface area contributed by atoms with Crippen molar-refractivity contribution in [1.82, 2.24) is 19.9 Å². The molecule has 0 radical (unpaired) electrons. The molecule has 158 valence electrons. The summed E-state index contributed by atoms with van der Waals surface area (Å²) in [6, 6.07) is 17.2. The number of fused-ring (bicyclic) bond motifs is 1. The Labute approximate surface area is 180 Å². The van der Waals surface area contributed by atoms with Gasteiger partial charge in [-0.05, 0) is 36.4 Å². The van der Waals surface area contributed by atoms with Gasteiger partial charge in [-0.15, -0.1) is 0 Å². The number of rotatable bonds is 6. The molecule has 0 saturated heterocycles. The monoisotopic (exact) mass is 416 g/mol. The molecular formula is C23H24N6O2. The van der Waals surface area contributed by atoms with Crippen molar-refractivity contribution in [3.8, 4) is 11.5 Å². The average molecular weight is 416 g/mol. The molecule has 0 unspecified atom stereocenters. The maximum atomic E-state index is 11.8. The summed E-state index contributed by atoms with van der Waals surface area (Å²) in [4.78, 5) is 22.6. The molecule has 0 aliphatic rings. The standard InChI is InChI=1S/C23H24N6O2/c1-24-22(30)20-14-18(10-11-25-20)31-17-8-9-21-19(13-17)27-23(29(21)4)26-15-6-5-7-16(12-15)28(2)3/h5-14H,1-4H3,(H,24,30)(H,26,27). The van der Waals surface area contributed by atoms with Gasteiger partial charge in [-0.1, -0.05) is 6.07 Å². The number of pyridine rings is 1. The van der Waals surface area contributed by atoms with Crippen LogP contribution in [0.25, 0.3) is 11.0 Å². The van der Waals surface area contributed by atoms with Gasteiger partial charge in [0.2, 0.25) is 5.95 Å². The van der Waals surface area contributed by atoms with Gasteiger partial charge in [0.05, 0.1) is 11.0 Å².